The topological polar surface area (TPSA) is 26.3 Å². The summed E-state index contributed by atoms with van der Waals surface area (Å²) in [6.45, 7) is -0.142. The lowest BCUT2D eigenvalue weighted by atomic mass is 10.1. The molecule has 4 heteroatoms. The first-order valence-electron chi connectivity index (χ1n) is 3.62. The summed E-state index contributed by atoms with van der Waals surface area (Å²) in [4.78, 5) is 11.2. The summed E-state index contributed by atoms with van der Waals surface area (Å²) in [5.41, 5.74) is -0.0330. The molecular formula is C9H8ClFO2. The first-order valence-corrected chi connectivity index (χ1v) is 4.00. The van der Waals surface area contributed by atoms with Crippen LogP contribution < -0.4 is 0 Å². The monoisotopic (exact) mass is 202 g/mol. The number of ether oxygens (including phenoxy) is 1. The molecule has 2 nitrogen and oxygen atoms in total. The molecule has 0 spiro atoms. The molecule has 0 heterocycles. The first kappa shape index (κ1) is 10.2. The van der Waals surface area contributed by atoms with Crippen molar-refractivity contribution in [3.05, 3.63) is 34.6 Å². The molecule has 0 aromatic heterocycles. The Morgan fingerprint density at radius 1 is 1.62 bits per heavy atom. The van der Waals surface area contributed by atoms with Gasteiger partial charge < -0.3 is 4.74 Å². The molecule has 13 heavy (non-hydrogen) atoms. The highest BCUT2D eigenvalue weighted by atomic mass is 35.5. The quantitative estimate of drug-likeness (QED) is 0.704. The van der Waals surface area contributed by atoms with Gasteiger partial charge in [0, 0.05) is 12.1 Å². The first-order chi connectivity index (χ1) is 6.15. The van der Waals surface area contributed by atoms with Crippen molar-refractivity contribution < 1.29 is 13.9 Å². The molecule has 0 atom stereocenters. The lowest BCUT2D eigenvalue weighted by molar-refractivity contribution is 0.0844. The van der Waals surface area contributed by atoms with E-state index in [0.29, 0.717) is 5.02 Å². The van der Waals surface area contributed by atoms with Gasteiger partial charge in [-0.15, -0.1) is 0 Å². The van der Waals surface area contributed by atoms with Crippen LogP contribution in [0.25, 0.3) is 0 Å². The van der Waals surface area contributed by atoms with Crippen LogP contribution in [0.2, 0.25) is 5.02 Å². The summed E-state index contributed by atoms with van der Waals surface area (Å²) in [5.74, 6) is -0.992. The van der Waals surface area contributed by atoms with Crippen LogP contribution in [0.5, 0.6) is 0 Å². The zero-order valence-corrected chi connectivity index (χ0v) is 7.77. The van der Waals surface area contributed by atoms with Crippen LogP contribution in [0, 0.1) is 5.82 Å². The summed E-state index contributed by atoms with van der Waals surface area (Å²) in [6.07, 6.45) is 0. The number of halogens is 2. The highest BCUT2D eigenvalue weighted by Crippen LogP contribution is 2.15. The highest BCUT2D eigenvalue weighted by Gasteiger charge is 2.11. The number of benzene rings is 1. The van der Waals surface area contributed by atoms with Crippen LogP contribution in [-0.4, -0.2) is 19.5 Å². The molecule has 0 N–H and O–H groups in total. The molecule has 0 radical (unpaired) electrons. The number of Topliss-reactive ketones (excluding diaryl/α,β-unsaturated/α-hetero) is 1. The second-order valence-electron chi connectivity index (χ2n) is 2.48. The van der Waals surface area contributed by atoms with Gasteiger partial charge in [-0.2, -0.15) is 0 Å². The van der Waals surface area contributed by atoms with Gasteiger partial charge in [0.2, 0.25) is 0 Å². The maximum atomic E-state index is 13.0. The van der Waals surface area contributed by atoms with Crippen molar-refractivity contribution in [1.29, 1.82) is 0 Å². The van der Waals surface area contributed by atoms with E-state index in [-0.39, 0.29) is 12.2 Å². The van der Waals surface area contributed by atoms with Crippen molar-refractivity contribution in [1.82, 2.24) is 0 Å². The molecule has 0 unspecified atom stereocenters. The summed E-state index contributed by atoms with van der Waals surface area (Å²) in [6, 6.07) is 3.84. The van der Waals surface area contributed by atoms with Gasteiger partial charge in [-0.1, -0.05) is 11.6 Å². The van der Waals surface area contributed by atoms with Crippen LogP contribution in [0.1, 0.15) is 10.4 Å². The van der Waals surface area contributed by atoms with E-state index < -0.39 is 11.6 Å². The minimum absolute atomic E-state index is 0.0330. The predicted octanol–water partition coefficient (Wildman–Crippen LogP) is 2.31. The second kappa shape index (κ2) is 4.35. The molecule has 1 rings (SSSR count). The Kier molecular flexibility index (Phi) is 3.39. The van der Waals surface area contributed by atoms with Crippen LogP contribution in [-0.2, 0) is 4.74 Å². The Labute approximate surface area is 80.3 Å². The van der Waals surface area contributed by atoms with Gasteiger partial charge in [-0.25, -0.2) is 4.39 Å². The fourth-order valence-electron chi connectivity index (χ4n) is 0.920. The van der Waals surface area contributed by atoms with Gasteiger partial charge in [0.15, 0.2) is 5.78 Å². The van der Waals surface area contributed by atoms with Crippen molar-refractivity contribution in [2.45, 2.75) is 0 Å². The number of carbonyl (C=O) groups excluding carboxylic acids is 1. The fraction of sp³-hybridized carbons (Fsp3) is 0.222. The van der Waals surface area contributed by atoms with E-state index in [1.165, 1.54) is 19.2 Å². The van der Waals surface area contributed by atoms with Crippen molar-refractivity contribution in [2.24, 2.45) is 0 Å². The van der Waals surface area contributed by atoms with Crippen molar-refractivity contribution >= 4 is 17.4 Å². The van der Waals surface area contributed by atoms with Crippen LogP contribution in [0.3, 0.4) is 0 Å². The van der Waals surface area contributed by atoms with Crippen molar-refractivity contribution in [2.75, 3.05) is 13.7 Å². The number of hydrogen-bond donors (Lipinski definition) is 0. The number of rotatable bonds is 3. The molecular weight excluding hydrogens is 195 g/mol. The van der Waals surface area contributed by atoms with Gasteiger partial charge in [0.25, 0.3) is 0 Å². The molecule has 1 aromatic rings. The lowest BCUT2D eigenvalue weighted by Gasteiger charge is -2.01. The normalized spacial score (nSPS) is 10.1. The van der Waals surface area contributed by atoms with E-state index in [1.54, 1.807) is 0 Å². The summed E-state index contributed by atoms with van der Waals surface area (Å²) >= 11 is 5.60. The number of carbonyl (C=O) groups is 1. The van der Waals surface area contributed by atoms with Gasteiger partial charge in [0.05, 0.1) is 5.56 Å². The van der Waals surface area contributed by atoms with Crippen molar-refractivity contribution in [3.63, 3.8) is 0 Å². The third kappa shape index (κ3) is 2.50. The van der Waals surface area contributed by atoms with Gasteiger partial charge in [0.1, 0.15) is 12.4 Å². The van der Waals surface area contributed by atoms with E-state index in [9.17, 15) is 9.18 Å². The number of ketones is 1. The average molecular weight is 203 g/mol. The minimum Gasteiger partial charge on any atom is -0.377 e. The van der Waals surface area contributed by atoms with E-state index in [2.05, 4.69) is 4.74 Å². The number of hydrogen-bond acceptors (Lipinski definition) is 2. The smallest absolute Gasteiger partial charge is 0.191 e. The maximum Gasteiger partial charge on any atom is 0.191 e. The molecule has 0 fully saturated rings. The minimum atomic E-state index is -0.577. The Morgan fingerprint density at radius 3 is 2.92 bits per heavy atom. The Balaban J connectivity index is 2.99. The standard InChI is InChI=1S/C9H8ClFO2/c1-13-5-9(12)7-4-6(10)2-3-8(7)11/h2-4H,5H2,1H3. The Hall–Kier alpha value is -0.930. The predicted molar refractivity (Wildman–Crippen MR) is 47.6 cm³/mol. The van der Waals surface area contributed by atoms with E-state index >= 15 is 0 Å². The van der Waals surface area contributed by atoms with Gasteiger partial charge >= 0.3 is 0 Å². The average Bonchev–Trinajstić information content (AvgIpc) is 2.09. The largest absolute Gasteiger partial charge is 0.377 e. The van der Waals surface area contributed by atoms with Crippen LogP contribution in [0.15, 0.2) is 18.2 Å². The van der Waals surface area contributed by atoms with Crippen molar-refractivity contribution in [3.8, 4) is 0 Å². The fourth-order valence-corrected chi connectivity index (χ4v) is 1.09. The molecule has 0 saturated heterocycles. The van der Waals surface area contributed by atoms with E-state index in [1.807, 2.05) is 0 Å². The SMILES string of the molecule is COCC(=O)c1cc(Cl)ccc1F. The Morgan fingerprint density at radius 2 is 2.31 bits per heavy atom. The molecule has 0 aliphatic carbocycles. The summed E-state index contributed by atoms with van der Waals surface area (Å²) < 4.78 is 17.6. The molecule has 70 valence electrons. The summed E-state index contributed by atoms with van der Waals surface area (Å²) in [7, 11) is 1.38. The molecule has 0 bridgehead atoms. The molecule has 0 saturated carbocycles. The molecule has 1 aromatic carbocycles. The maximum absolute atomic E-state index is 13.0. The molecule has 0 aliphatic rings. The van der Waals surface area contributed by atoms with Crippen LogP contribution in [0.4, 0.5) is 4.39 Å². The third-order valence-corrected chi connectivity index (χ3v) is 1.74. The number of methoxy groups -OCH3 is 1. The van der Waals surface area contributed by atoms with Gasteiger partial charge in [-0.3, -0.25) is 4.79 Å². The zero-order valence-electron chi connectivity index (χ0n) is 7.01. The lowest BCUT2D eigenvalue weighted by Crippen LogP contribution is -2.09. The summed E-state index contributed by atoms with van der Waals surface area (Å²) in [5, 5.41) is 0.334. The van der Waals surface area contributed by atoms with E-state index in [0.717, 1.165) is 6.07 Å². The third-order valence-electron chi connectivity index (χ3n) is 1.50. The van der Waals surface area contributed by atoms with Gasteiger partial charge in [-0.05, 0) is 18.2 Å². The highest BCUT2D eigenvalue weighted by molar-refractivity contribution is 6.31. The zero-order chi connectivity index (χ0) is 9.84. The Bertz CT molecular complexity index is 325. The van der Waals surface area contributed by atoms with E-state index in [4.69, 9.17) is 11.6 Å². The molecule has 0 amide bonds. The second-order valence-corrected chi connectivity index (χ2v) is 2.92. The van der Waals surface area contributed by atoms with Crippen LogP contribution >= 0.6 is 11.6 Å². The molecule has 0 aliphatic heterocycles.